The van der Waals surface area contributed by atoms with E-state index in [1.165, 1.54) is 17.9 Å². The highest BCUT2D eigenvalue weighted by atomic mass is 16.7. The number of nitrogens with zero attached hydrogens (tertiary/aromatic N) is 1. The molecule has 0 fully saturated rings. The summed E-state index contributed by atoms with van der Waals surface area (Å²) in [5.74, 6) is -0.847. The van der Waals surface area contributed by atoms with Gasteiger partial charge in [0.2, 0.25) is 0 Å². The minimum Gasteiger partial charge on any atom is -0.480 e. The van der Waals surface area contributed by atoms with Gasteiger partial charge in [0.05, 0.1) is 6.61 Å². The zero-order valence-corrected chi connectivity index (χ0v) is 9.16. The molecule has 0 saturated heterocycles. The van der Waals surface area contributed by atoms with Crippen LogP contribution in [0.3, 0.4) is 0 Å². The predicted octanol–water partition coefficient (Wildman–Crippen LogP) is 1.90. The van der Waals surface area contributed by atoms with Gasteiger partial charge in [-0.2, -0.15) is 5.06 Å². The number of hydroxylamine groups is 2. The number of carboxylic acids is 1. The molecule has 0 unspecified atom stereocenters. The first-order valence-electron chi connectivity index (χ1n) is 5.30. The van der Waals surface area contributed by atoms with Crippen molar-refractivity contribution in [1.82, 2.24) is 5.06 Å². The van der Waals surface area contributed by atoms with Crippen LogP contribution in [0.15, 0.2) is 0 Å². The van der Waals surface area contributed by atoms with Gasteiger partial charge in [-0.3, -0.25) is 9.63 Å². The van der Waals surface area contributed by atoms with Crippen LogP contribution in [-0.2, 0) is 9.63 Å². The standard InChI is InChI=1S/C10H21NO3/c1-3-5-6-7-8-14-11(4-2)9-10(12)13/h3-9H2,1-2H3,(H,12,13). The minimum atomic E-state index is -0.847. The molecule has 0 aliphatic rings. The third-order valence-electron chi connectivity index (χ3n) is 1.94. The van der Waals surface area contributed by atoms with Crippen LogP contribution in [-0.4, -0.2) is 35.8 Å². The van der Waals surface area contributed by atoms with Crippen LogP contribution >= 0.6 is 0 Å². The molecule has 0 radical (unpaired) electrons. The number of aliphatic carboxylic acids is 1. The number of unbranched alkanes of at least 4 members (excludes halogenated alkanes) is 3. The van der Waals surface area contributed by atoms with Gasteiger partial charge in [0.15, 0.2) is 0 Å². The summed E-state index contributed by atoms with van der Waals surface area (Å²) < 4.78 is 0. The Hall–Kier alpha value is -0.610. The second-order valence-corrected chi connectivity index (χ2v) is 3.24. The Labute approximate surface area is 85.8 Å². The number of hydrogen-bond donors (Lipinski definition) is 1. The van der Waals surface area contributed by atoms with Crippen molar-refractivity contribution in [3.63, 3.8) is 0 Å². The predicted molar refractivity (Wildman–Crippen MR) is 55.0 cm³/mol. The van der Waals surface area contributed by atoms with E-state index in [1.54, 1.807) is 0 Å². The molecule has 0 aliphatic heterocycles. The van der Waals surface area contributed by atoms with Crippen LogP contribution < -0.4 is 0 Å². The van der Waals surface area contributed by atoms with E-state index in [9.17, 15) is 4.79 Å². The summed E-state index contributed by atoms with van der Waals surface area (Å²) >= 11 is 0. The van der Waals surface area contributed by atoms with Crippen LogP contribution in [0.1, 0.15) is 39.5 Å². The summed E-state index contributed by atoms with van der Waals surface area (Å²) in [6.45, 7) is 5.24. The van der Waals surface area contributed by atoms with Crippen molar-refractivity contribution in [2.75, 3.05) is 19.7 Å². The van der Waals surface area contributed by atoms with Crippen molar-refractivity contribution >= 4 is 5.97 Å². The maximum absolute atomic E-state index is 10.4. The lowest BCUT2D eigenvalue weighted by atomic mass is 10.2. The number of carbonyl (C=O) groups is 1. The molecule has 0 atom stereocenters. The van der Waals surface area contributed by atoms with Gasteiger partial charge in [0, 0.05) is 6.54 Å². The molecule has 0 aromatic heterocycles. The van der Waals surface area contributed by atoms with E-state index in [0.29, 0.717) is 13.2 Å². The van der Waals surface area contributed by atoms with Crippen molar-refractivity contribution in [3.8, 4) is 0 Å². The summed E-state index contributed by atoms with van der Waals surface area (Å²) in [7, 11) is 0. The quantitative estimate of drug-likeness (QED) is 0.459. The average molecular weight is 203 g/mol. The van der Waals surface area contributed by atoms with E-state index >= 15 is 0 Å². The van der Waals surface area contributed by atoms with Crippen LogP contribution in [0.4, 0.5) is 0 Å². The van der Waals surface area contributed by atoms with Gasteiger partial charge in [0.1, 0.15) is 6.54 Å². The molecule has 84 valence electrons. The Morgan fingerprint density at radius 3 is 2.50 bits per heavy atom. The molecule has 0 spiro atoms. The molecule has 4 nitrogen and oxygen atoms in total. The third-order valence-corrected chi connectivity index (χ3v) is 1.94. The Balaban J connectivity index is 3.38. The maximum atomic E-state index is 10.4. The van der Waals surface area contributed by atoms with Gasteiger partial charge >= 0.3 is 5.97 Å². The molecule has 0 aromatic rings. The number of rotatable bonds is 9. The van der Waals surface area contributed by atoms with E-state index < -0.39 is 5.97 Å². The van der Waals surface area contributed by atoms with Crippen molar-refractivity contribution in [2.45, 2.75) is 39.5 Å². The van der Waals surface area contributed by atoms with Crippen LogP contribution in [0, 0.1) is 0 Å². The minimum absolute atomic E-state index is 0.0374. The van der Waals surface area contributed by atoms with Crippen LogP contribution in [0.5, 0.6) is 0 Å². The molecule has 0 heterocycles. The first-order valence-corrected chi connectivity index (χ1v) is 5.30. The van der Waals surface area contributed by atoms with E-state index in [0.717, 1.165) is 12.8 Å². The SMILES string of the molecule is CCCCCCON(CC)CC(=O)O. The van der Waals surface area contributed by atoms with Crippen LogP contribution in [0.25, 0.3) is 0 Å². The van der Waals surface area contributed by atoms with Crippen LogP contribution in [0.2, 0.25) is 0 Å². The van der Waals surface area contributed by atoms with Gasteiger partial charge < -0.3 is 5.11 Å². The van der Waals surface area contributed by atoms with Gasteiger partial charge in [-0.05, 0) is 6.42 Å². The Kier molecular flexibility index (Phi) is 8.57. The average Bonchev–Trinajstić information content (AvgIpc) is 2.15. The molecule has 1 N–H and O–H groups in total. The molecule has 0 rings (SSSR count). The first-order chi connectivity index (χ1) is 6.70. The zero-order chi connectivity index (χ0) is 10.8. The van der Waals surface area contributed by atoms with Crippen molar-refractivity contribution in [3.05, 3.63) is 0 Å². The second kappa shape index (κ2) is 8.97. The van der Waals surface area contributed by atoms with E-state index in [4.69, 9.17) is 9.94 Å². The Bertz CT molecular complexity index is 150. The van der Waals surface area contributed by atoms with E-state index in [1.807, 2.05) is 6.92 Å². The van der Waals surface area contributed by atoms with E-state index in [2.05, 4.69) is 6.92 Å². The lowest BCUT2D eigenvalue weighted by Crippen LogP contribution is -2.30. The monoisotopic (exact) mass is 203 g/mol. The summed E-state index contributed by atoms with van der Waals surface area (Å²) in [5.41, 5.74) is 0. The molecule has 0 amide bonds. The summed E-state index contributed by atoms with van der Waals surface area (Å²) in [5, 5.41) is 10.0. The van der Waals surface area contributed by atoms with Gasteiger partial charge in [-0.25, -0.2) is 0 Å². The Morgan fingerprint density at radius 2 is 2.00 bits per heavy atom. The molecule has 14 heavy (non-hydrogen) atoms. The fourth-order valence-electron chi connectivity index (χ4n) is 1.12. The third kappa shape index (κ3) is 8.01. The van der Waals surface area contributed by atoms with Crippen molar-refractivity contribution in [2.24, 2.45) is 0 Å². The highest BCUT2D eigenvalue weighted by Gasteiger charge is 2.06. The summed E-state index contributed by atoms with van der Waals surface area (Å²) in [6.07, 6.45) is 4.58. The largest absolute Gasteiger partial charge is 0.480 e. The normalized spacial score (nSPS) is 10.8. The van der Waals surface area contributed by atoms with Crippen molar-refractivity contribution < 1.29 is 14.7 Å². The number of hydrogen-bond acceptors (Lipinski definition) is 3. The fraction of sp³-hybridized carbons (Fsp3) is 0.900. The van der Waals surface area contributed by atoms with Gasteiger partial charge in [-0.1, -0.05) is 33.1 Å². The molecule has 4 heteroatoms. The molecule has 0 bridgehead atoms. The number of carboxylic acid groups (broad SMARTS) is 1. The second-order valence-electron chi connectivity index (χ2n) is 3.24. The first kappa shape index (κ1) is 13.4. The van der Waals surface area contributed by atoms with E-state index in [-0.39, 0.29) is 6.54 Å². The lowest BCUT2D eigenvalue weighted by Gasteiger charge is -2.17. The van der Waals surface area contributed by atoms with Gasteiger partial charge in [0.25, 0.3) is 0 Å². The molecular weight excluding hydrogens is 182 g/mol. The van der Waals surface area contributed by atoms with Gasteiger partial charge in [-0.15, -0.1) is 0 Å². The molecule has 0 saturated carbocycles. The summed E-state index contributed by atoms with van der Waals surface area (Å²) in [6, 6.07) is 0. The maximum Gasteiger partial charge on any atom is 0.320 e. The molecule has 0 aromatic carbocycles. The lowest BCUT2D eigenvalue weighted by molar-refractivity contribution is -0.175. The topological polar surface area (TPSA) is 49.8 Å². The van der Waals surface area contributed by atoms with Crippen molar-refractivity contribution in [1.29, 1.82) is 0 Å². The molecule has 0 aliphatic carbocycles. The highest BCUT2D eigenvalue weighted by Crippen LogP contribution is 2.00. The highest BCUT2D eigenvalue weighted by molar-refractivity contribution is 5.68. The Morgan fingerprint density at radius 1 is 1.29 bits per heavy atom. The fourth-order valence-corrected chi connectivity index (χ4v) is 1.12. The number of likely N-dealkylation sites (N-methyl/N-ethyl adjacent to an activating group) is 1. The molecular formula is C10H21NO3. The zero-order valence-electron chi connectivity index (χ0n) is 9.16. The summed E-state index contributed by atoms with van der Waals surface area (Å²) in [4.78, 5) is 15.7. The smallest absolute Gasteiger partial charge is 0.320 e.